The fraction of sp³-hybridized carbons (Fsp3) is 0.500. The number of rotatable bonds is 3. The molecule has 0 aliphatic heterocycles. The summed E-state index contributed by atoms with van der Waals surface area (Å²) in [4.78, 5) is 27.3. The molecule has 2 rings (SSSR count). The van der Waals surface area contributed by atoms with Gasteiger partial charge in [0.15, 0.2) is 5.65 Å². The van der Waals surface area contributed by atoms with E-state index in [0.717, 1.165) is 0 Å². The molecule has 0 aliphatic carbocycles. The summed E-state index contributed by atoms with van der Waals surface area (Å²) in [7, 11) is 0. The predicted molar refractivity (Wildman–Crippen MR) is 74.6 cm³/mol. The number of hydrogen-bond donors (Lipinski definition) is 3. The standard InChI is InChI=1S/C12H18N6O2/c1-7(10(19)15-12(2,3)4)14-8-5-9-16-17-11(20)18(9)6-13-8/h5-7,14H,1-4H3,(H,15,19)(H,17,20). The summed E-state index contributed by atoms with van der Waals surface area (Å²) < 4.78 is 1.28. The SMILES string of the molecule is CC(Nc1cc2n[nH]c(=O)n2cn1)C(=O)NC(C)(C)C. The zero-order valence-corrected chi connectivity index (χ0v) is 11.9. The molecule has 0 aliphatic rings. The number of carbonyl (C=O) groups is 1. The van der Waals surface area contributed by atoms with E-state index in [1.54, 1.807) is 13.0 Å². The smallest absolute Gasteiger partial charge is 0.348 e. The molecule has 2 aromatic heterocycles. The van der Waals surface area contributed by atoms with E-state index in [1.807, 2.05) is 20.8 Å². The van der Waals surface area contributed by atoms with Gasteiger partial charge in [0, 0.05) is 11.6 Å². The number of nitrogens with one attached hydrogen (secondary N) is 3. The molecule has 3 N–H and O–H groups in total. The molecule has 0 radical (unpaired) electrons. The summed E-state index contributed by atoms with van der Waals surface area (Å²) in [6.45, 7) is 7.48. The minimum Gasteiger partial charge on any atom is -0.358 e. The monoisotopic (exact) mass is 278 g/mol. The summed E-state index contributed by atoms with van der Waals surface area (Å²) in [6.07, 6.45) is 1.36. The first-order valence-corrected chi connectivity index (χ1v) is 6.27. The molecular weight excluding hydrogens is 260 g/mol. The van der Waals surface area contributed by atoms with Crippen LogP contribution in [-0.2, 0) is 4.79 Å². The second kappa shape index (κ2) is 4.95. The van der Waals surface area contributed by atoms with E-state index in [9.17, 15) is 9.59 Å². The molecule has 8 heteroatoms. The van der Waals surface area contributed by atoms with Gasteiger partial charge in [0.25, 0.3) is 0 Å². The summed E-state index contributed by atoms with van der Waals surface area (Å²) in [5.74, 6) is 0.353. The van der Waals surface area contributed by atoms with Crippen LogP contribution in [0.5, 0.6) is 0 Å². The Morgan fingerprint density at radius 2 is 2.15 bits per heavy atom. The van der Waals surface area contributed by atoms with E-state index in [4.69, 9.17) is 0 Å². The Balaban J connectivity index is 2.11. The fourth-order valence-electron chi connectivity index (χ4n) is 1.65. The molecule has 0 fully saturated rings. The quantitative estimate of drug-likeness (QED) is 0.740. The Bertz CT molecular complexity index is 681. The molecule has 0 spiro atoms. The van der Waals surface area contributed by atoms with E-state index in [0.29, 0.717) is 11.5 Å². The molecule has 0 saturated heterocycles. The van der Waals surface area contributed by atoms with E-state index in [2.05, 4.69) is 25.8 Å². The lowest BCUT2D eigenvalue weighted by Gasteiger charge is -2.23. The number of aromatic amines is 1. The van der Waals surface area contributed by atoms with Crippen LogP contribution in [0.15, 0.2) is 17.2 Å². The Hall–Kier alpha value is -2.38. The Kier molecular flexibility index (Phi) is 3.47. The number of fused-ring (bicyclic) bond motifs is 1. The van der Waals surface area contributed by atoms with E-state index in [-0.39, 0.29) is 17.1 Å². The minimum absolute atomic E-state index is 0.126. The van der Waals surface area contributed by atoms with Gasteiger partial charge in [-0.1, -0.05) is 0 Å². The third-order valence-electron chi connectivity index (χ3n) is 2.57. The molecule has 0 bridgehead atoms. The van der Waals surface area contributed by atoms with Gasteiger partial charge in [0.1, 0.15) is 18.2 Å². The number of H-pyrrole nitrogens is 1. The van der Waals surface area contributed by atoms with Crippen molar-refractivity contribution < 1.29 is 4.79 Å². The molecule has 0 aromatic carbocycles. The maximum atomic E-state index is 12.0. The number of aromatic nitrogens is 4. The van der Waals surface area contributed by atoms with Crippen molar-refractivity contribution in [2.24, 2.45) is 0 Å². The summed E-state index contributed by atoms with van der Waals surface area (Å²) >= 11 is 0. The second-order valence-corrected chi connectivity index (χ2v) is 5.64. The highest BCUT2D eigenvalue weighted by Crippen LogP contribution is 2.07. The first-order chi connectivity index (χ1) is 9.26. The molecule has 2 aromatic rings. The maximum absolute atomic E-state index is 12.0. The van der Waals surface area contributed by atoms with Crippen LogP contribution < -0.4 is 16.3 Å². The average molecular weight is 278 g/mol. The maximum Gasteiger partial charge on any atom is 0.348 e. The molecule has 1 amide bonds. The summed E-state index contributed by atoms with van der Waals surface area (Å²) in [6, 6.07) is 1.15. The molecular formula is C12H18N6O2. The van der Waals surface area contributed by atoms with Gasteiger partial charge >= 0.3 is 5.69 Å². The van der Waals surface area contributed by atoms with E-state index < -0.39 is 6.04 Å². The third kappa shape index (κ3) is 3.14. The van der Waals surface area contributed by atoms with Gasteiger partial charge in [-0.3, -0.25) is 4.79 Å². The van der Waals surface area contributed by atoms with Crippen LogP contribution in [0.3, 0.4) is 0 Å². The van der Waals surface area contributed by atoms with Crippen LogP contribution in [0, 0.1) is 0 Å². The lowest BCUT2D eigenvalue weighted by molar-refractivity contribution is -0.122. The second-order valence-electron chi connectivity index (χ2n) is 5.64. The lowest BCUT2D eigenvalue weighted by atomic mass is 10.1. The van der Waals surface area contributed by atoms with Crippen molar-refractivity contribution in [1.82, 2.24) is 24.9 Å². The predicted octanol–water partition coefficient (Wildman–Crippen LogP) is 0.133. The zero-order chi connectivity index (χ0) is 14.9. The molecule has 1 atom stereocenters. The van der Waals surface area contributed by atoms with Crippen LogP contribution >= 0.6 is 0 Å². The van der Waals surface area contributed by atoms with E-state index >= 15 is 0 Å². The molecule has 0 saturated carbocycles. The number of hydrogen-bond acceptors (Lipinski definition) is 5. The van der Waals surface area contributed by atoms with Crippen molar-refractivity contribution in [3.63, 3.8) is 0 Å². The zero-order valence-electron chi connectivity index (χ0n) is 11.9. The molecule has 2 heterocycles. The van der Waals surface area contributed by atoms with Gasteiger partial charge in [0.05, 0.1) is 0 Å². The molecule has 108 valence electrons. The van der Waals surface area contributed by atoms with Gasteiger partial charge in [-0.15, -0.1) is 0 Å². The van der Waals surface area contributed by atoms with Crippen molar-refractivity contribution in [2.45, 2.75) is 39.3 Å². The first-order valence-electron chi connectivity index (χ1n) is 6.27. The van der Waals surface area contributed by atoms with Gasteiger partial charge in [-0.2, -0.15) is 5.10 Å². The van der Waals surface area contributed by atoms with Crippen LogP contribution in [0.25, 0.3) is 5.65 Å². The molecule has 1 unspecified atom stereocenters. The van der Waals surface area contributed by atoms with Crippen LogP contribution in [0.2, 0.25) is 0 Å². The lowest BCUT2D eigenvalue weighted by Crippen LogP contribution is -2.47. The molecule has 20 heavy (non-hydrogen) atoms. The number of carbonyl (C=O) groups excluding carboxylic acids is 1. The van der Waals surface area contributed by atoms with Crippen LogP contribution in [0.4, 0.5) is 5.82 Å². The van der Waals surface area contributed by atoms with Crippen molar-refractivity contribution in [2.75, 3.05) is 5.32 Å². The van der Waals surface area contributed by atoms with Gasteiger partial charge in [0.2, 0.25) is 5.91 Å². The number of amides is 1. The van der Waals surface area contributed by atoms with Crippen LogP contribution in [0.1, 0.15) is 27.7 Å². The number of anilines is 1. The van der Waals surface area contributed by atoms with Crippen LogP contribution in [-0.4, -0.2) is 37.1 Å². The third-order valence-corrected chi connectivity index (χ3v) is 2.57. The number of nitrogens with zero attached hydrogens (tertiary/aromatic N) is 3. The van der Waals surface area contributed by atoms with Gasteiger partial charge in [-0.25, -0.2) is 19.3 Å². The normalized spacial score (nSPS) is 13.2. The first kappa shape index (κ1) is 14.0. The Labute approximate surface area is 115 Å². The molecule has 8 nitrogen and oxygen atoms in total. The average Bonchev–Trinajstić information content (AvgIpc) is 2.68. The summed E-state index contributed by atoms with van der Waals surface area (Å²) in [5.41, 5.74) is -0.201. The van der Waals surface area contributed by atoms with Gasteiger partial charge < -0.3 is 10.6 Å². The minimum atomic E-state index is -0.449. The van der Waals surface area contributed by atoms with Crippen molar-refractivity contribution in [1.29, 1.82) is 0 Å². The van der Waals surface area contributed by atoms with Crippen molar-refractivity contribution in [3.8, 4) is 0 Å². The highest BCUT2D eigenvalue weighted by Gasteiger charge is 2.19. The highest BCUT2D eigenvalue weighted by molar-refractivity contribution is 5.84. The van der Waals surface area contributed by atoms with Gasteiger partial charge in [-0.05, 0) is 27.7 Å². The Morgan fingerprint density at radius 1 is 1.45 bits per heavy atom. The fourth-order valence-corrected chi connectivity index (χ4v) is 1.65. The van der Waals surface area contributed by atoms with Crippen molar-refractivity contribution >= 4 is 17.4 Å². The largest absolute Gasteiger partial charge is 0.358 e. The Morgan fingerprint density at radius 3 is 2.80 bits per heavy atom. The summed E-state index contributed by atoms with van der Waals surface area (Å²) in [5, 5.41) is 12.0. The van der Waals surface area contributed by atoms with Crippen molar-refractivity contribution in [3.05, 3.63) is 22.9 Å². The topological polar surface area (TPSA) is 104 Å². The highest BCUT2D eigenvalue weighted by atomic mass is 16.2. The van der Waals surface area contributed by atoms with E-state index in [1.165, 1.54) is 10.7 Å².